The van der Waals surface area contributed by atoms with Gasteiger partial charge in [-0.25, -0.2) is 4.98 Å². The van der Waals surface area contributed by atoms with E-state index in [2.05, 4.69) is 15.3 Å². The lowest BCUT2D eigenvalue weighted by molar-refractivity contribution is -0.126. The summed E-state index contributed by atoms with van der Waals surface area (Å²) >= 11 is 0. The van der Waals surface area contributed by atoms with E-state index in [0.717, 1.165) is 33.3 Å². The molecule has 1 aliphatic rings. The average Bonchev–Trinajstić information content (AvgIpc) is 3.36. The quantitative estimate of drug-likeness (QED) is 0.541. The monoisotopic (exact) mass is 398 g/mol. The average molecular weight is 398 g/mol. The first-order valence-electron chi connectivity index (χ1n) is 10.2. The Morgan fingerprint density at radius 3 is 2.77 bits per heavy atom. The van der Waals surface area contributed by atoms with Gasteiger partial charge in [-0.15, -0.1) is 0 Å². The fourth-order valence-electron chi connectivity index (χ4n) is 4.13. The van der Waals surface area contributed by atoms with Crippen LogP contribution in [0, 0.1) is 5.92 Å². The number of hydrogen-bond acceptors (Lipinski definition) is 3. The van der Waals surface area contributed by atoms with Crippen LogP contribution >= 0.6 is 0 Å². The summed E-state index contributed by atoms with van der Waals surface area (Å²) in [4.78, 5) is 34.9. The molecule has 3 aromatic carbocycles. The van der Waals surface area contributed by atoms with Crippen LogP contribution in [0.3, 0.4) is 0 Å². The molecule has 2 heterocycles. The number of para-hydroxylation sites is 2. The third kappa shape index (κ3) is 3.41. The Bertz CT molecular complexity index is 1210. The van der Waals surface area contributed by atoms with Gasteiger partial charge >= 0.3 is 0 Å². The van der Waals surface area contributed by atoms with Gasteiger partial charge in [0.15, 0.2) is 0 Å². The van der Waals surface area contributed by atoms with Gasteiger partial charge in [0.2, 0.25) is 11.8 Å². The minimum absolute atomic E-state index is 0.0104. The minimum Gasteiger partial charge on any atom is -0.355 e. The van der Waals surface area contributed by atoms with Gasteiger partial charge in [0.05, 0.1) is 22.6 Å². The molecular formula is C24H22N4O2. The number of benzene rings is 3. The highest BCUT2D eigenvalue weighted by molar-refractivity contribution is 6.07. The Balaban J connectivity index is 1.23. The van der Waals surface area contributed by atoms with Gasteiger partial charge in [0.1, 0.15) is 5.82 Å². The van der Waals surface area contributed by atoms with Crippen LogP contribution in [0.1, 0.15) is 12.2 Å². The minimum atomic E-state index is -0.341. The van der Waals surface area contributed by atoms with E-state index in [4.69, 9.17) is 0 Å². The molecule has 6 heteroatoms. The highest BCUT2D eigenvalue weighted by Crippen LogP contribution is 2.31. The zero-order valence-corrected chi connectivity index (χ0v) is 16.5. The second-order valence-electron chi connectivity index (χ2n) is 7.65. The summed E-state index contributed by atoms with van der Waals surface area (Å²) in [6.45, 7) is 0.890. The summed E-state index contributed by atoms with van der Waals surface area (Å²) in [6, 6.07) is 21.8. The number of aromatic amines is 1. The molecule has 4 aromatic rings. The molecule has 0 bridgehead atoms. The number of carbonyl (C=O) groups excluding carboxylic acids is 2. The molecule has 1 fully saturated rings. The first-order valence-corrected chi connectivity index (χ1v) is 10.2. The molecular weight excluding hydrogens is 376 g/mol. The van der Waals surface area contributed by atoms with Gasteiger partial charge < -0.3 is 15.2 Å². The van der Waals surface area contributed by atoms with Crippen LogP contribution in [0.4, 0.5) is 5.69 Å². The molecule has 2 amide bonds. The molecule has 6 nitrogen and oxygen atoms in total. The highest BCUT2D eigenvalue weighted by Gasteiger charge is 2.35. The Kier molecular flexibility index (Phi) is 4.67. The van der Waals surface area contributed by atoms with Gasteiger partial charge in [-0.1, -0.05) is 48.5 Å². The molecule has 150 valence electrons. The van der Waals surface area contributed by atoms with Crippen molar-refractivity contribution in [3.8, 4) is 0 Å². The molecule has 1 aromatic heterocycles. The van der Waals surface area contributed by atoms with Crippen molar-refractivity contribution in [2.24, 2.45) is 5.92 Å². The van der Waals surface area contributed by atoms with Crippen LogP contribution in [0.15, 0.2) is 66.7 Å². The van der Waals surface area contributed by atoms with Crippen LogP contribution in [0.25, 0.3) is 21.8 Å². The first-order chi connectivity index (χ1) is 14.7. The van der Waals surface area contributed by atoms with Crippen LogP contribution < -0.4 is 10.2 Å². The molecule has 0 radical (unpaired) electrons. The van der Waals surface area contributed by atoms with Crippen LogP contribution in [-0.4, -0.2) is 34.9 Å². The van der Waals surface area contributed by atoms with Crippen LogP contribution in [0.5, 0.6) is 0 Å². The van der Waals surface area contributed by atoms with Crippen molar-refractivity contribution < 1.29 is 9.59 Å². The summed E-state index contributed by atoms with van der Waals surface area (Å²) in [6.07, 6.45) is 0.855. The topological polar surface area (TPSA) is 78.1 Å². The van der Waals surface area contributed by atoms with Crippen molar-refractivity contribution in [1.82, 2.24) is 15.3 Å². The van der Waals surface area contributed by atoms with Crippen molar-refractivity contribution in [1.29, 1.82) is 0 Å². The summed E-state index contributed by atoms with van der Waals surface area (Å²) in [7, 11) is 0. The number of hydrogen-bond donors (Lipinski definition) is 2. The molecule has 1 atom stereocenters. The molecule has 1 aliphatic heterocycles. The Morgan fingerprint density at radius 2 is 1.87 bits per heavy atom. The lowest BCUT2D eigenvalue weighted by Crippen LogP contribution is -2.34. The normalized spacial score (nSPS) is 16.5. The number of fused-ring (bicyclic) bond motifs is 2. The summed E-state index contributed by atoms with van der Waals surface area (Å²) in [5.41, 5.74) is 2.78. The molecule has 5 rings (SSSR count). The number of imidazole rings is 1. The molecule has 0 saturated carbocycles. The Hall–Kier alpha value is -3.67. The van der Waals surface area contributed by atoms with Crippen molar-refractivity contribution in [3.05, 3.63) is 72.6 Å². The predicted molar refractivity (Wildman–Crippen MR) is 117 cm³/mol. The fourth-order valence-corrected chi connectivity index (χ4v) is 4.13. The summed E-state index contributed by atoms with van der Waals surface area (Å²) < 4.78 is 0. The van der Waals surface area contributed by atoms with Gasteiger partial charge in [-0.05, 0) is 23.6 Å². The van der Waals surface area contributed by atoms with E-state index in [9.17, 15) is 9.59 Å². The van der Waals surface area contributed by atoms with Crippen molar-refractivity contribution in [2.45, 2.75) is 12.8 Å². The standard InChI is InChI=1S/C24H22N4O2/c29-23-14-17(15-28(23)21-11-5-7-16-6-1-2-8-18(16)21)24(30)25-13-12-22-26-19-9-3-4-10-20(19)27-22/h1-11,17H,12-15H2,(H,25,30)(H,26,27)/t17-/m1/s1. The van der Waals surface area contributed by atoms with Gasteiger partial charge in [0, 0.05) is 31.3 Å². The largest absolute Gasteiger partial charge is 0.355 e. The molecule has 0 unspecified atom stereocenters. The van der Waals surface area contributed by atoms with E-state index in [0.29, 0.717) is 19.5 Å². The molecule has 30 heavy (non-hydrogen) atoms. The number of carbonyl (C=O) groups is 2. The fraction of sp³-hybridized carbons (Fsp3) is 0.208. The maximum absolute atomic E-state index is 12.7. The smallest absolute Gasteiger partial charge is 0.227 e. The van der Waals surface area contributed by atoms with E-state index < -0.39 is 0 Å². The molecule has 1 saturated heterocycles. The molecule has 0 aliphatic carbocycles. The summed E-state index contributed by atoms with van der Waals surface area (Å²) in [5.74, 6) is 0.412. The van der Waals surface area contributed by atoms with Gasteiger partial charge in [-0.2, -0.15) is 0 Å². The number of amides is 2. The van der Waals surface area contributed by atoms with Crippen LogP contribution in [-0.2, 0) is 16.0 Å². The first kappa shape index (κ1) is 18.4. The number of anilines is 1. The molecule has 2 N–H and O–H groups in total. The van der Waals surface area contributed by atoms with Gasteiger partial charge in [0.25, 0.3) is 0 Å². The maximum atomic E-state index is 12.7. The van der Waals surface area contributed by atoms with E-state index in [1.165, 1.54) is 0 Å². The number of nitrogens with zero attached hydrogens (tertiary/aromatic N) is 2. The lowest BCUT2D eigenvalue weighted by atomic mass is 10.1. The summed E-state index contributed by atoms with van der Waals surface area (Å²) in [5, 5.41) is 5.08. The van der Waals surface area contributed by atoms with Crippen LogP contribution in [0.2, 0.25) is 0 Å². The van der Waals surface area contributed by atoms with Gasteiger partial charge in [-0.3, -0.25) is 9.59 Å². The lowest BCUT2D eigenvalue weighted by Gasteiger charge is -2.19. The van der Waals surface area contributed by atoms with E-state index >= 15 is 0 Å². The zero-order valence-electron chi connectivity index (χ0n) is 16.5. The number of aromatic nitrogens is 2. The highest BCUT2D eigenvalue weighted by atomic mass is 16.2. The second-order valence-corrected chi connectivity index (χ2v) is 7.65. The van der Waals surface area contributed by atoms with E-state index in [-0.39, 0.29) is 24.2 Å². The van der Waals surface area contributed by atoms with Crippen molar-refractivity contribution >= 4 is 39.3 Å². The zero-order chi connectivity index (χ0) is 20.5. The number of nitrogens with one attached hydrogen (secondary N) is 2. The predicted octanol–water partition coefficient (Wildman–Crippen LogP) is 3.43. The van der Waals surface area contributed by atoms with E-state index in [1.807, 2.05) is 66.7 Å². The van der Waals surface area contributed by atoms with Crippen molar-refractivity contribution in [2.75, 3.05) is 18.0 Å². The third-order valence-electron chi connectivity index (χ3n) is 5.65. The maximum Gasteiger partial charge on any atom is 0.227 e. The molecule has 0 spiro atoms. The van der Waals surface area contributed by atoms with E-state index in [1.54, 1.807) is 4.90 Å². The Labute approximate surface area is 173 Å². The second kappa shape index (κ2) is 7.63. The number of H-pyrrole nitrogens is 1. The number of rotatable bonds is 5. The van der Waals surface area contributed by atoms with Crippen molar-refractivity contribution in [3.63, 3.8) is 0 Å². The Morgan fingerprint density at radius 1 is 1.07 bits per heavy atom. The SMILES string of the molecule is O=C(NCCc1nc2ccccc2[nH]1)[C@@H]1CC(=O)N(c2cccc3ccccc23)C1. The third-order valence-corrected chi connectivity index (χ3v) is 5.65.